The molecule has 0 aromatic rings. The normalized spacial score (nSPS) is 22.1. The number of hydrogen-bond donors (Lipinski definition) is 0. The van der Waals surface area contributed by atoms with Gasteiger partial charge in [-0.25, -0.2) is 0 Å². The van der Waals surface area contributed by atoms with Crippen LogP contribution in [0, 0.1) is 17.3 Å². The Morgan fingerprint density at radius 1 is 1.50 bits per heavy atom. The van der Waals surface area contributed by atoms with Gasteiger partial charge in [-0.15, -0.1) is 5.92 Å². The van der Waals surface area contributed by atoms with Gasteiger partial charge in [0.25, 0.3) is 0 Å². The van der Waals surface area contributed by atoms with Gasteiger partial charge in [0.2, 0.25) is 0 Å². The zero-order chi connectivity index (χ0) is 7.61. The monoisotopic (exact) mass is 134 g/mol. The van der Waals surface area contributed by atoms with E-state index in [4.69, 9.17) is 0 Å². The molecule has 0 radical (unpaired) electrons. The van der Waals surface area contributed by atoms with E-state index in [0.29, 0.717) is 0 Å². The summed E-state index contributed by atoms with van der Waals surface area (Å²) in [5, 5.41) is 0. The quantitative estimate of drug-likeness (QED) is 0.353. The zero-order valence-electron chi connectivity index (χ0n) is 6.99. The van der Waals surface area contributed by atoms with Gasteiger partial charge < -0.3 is 0 Å². The van der Waals surface area contributed by atoms with Crippen molar-refractivity contribution in [2.75, 3.05) is 0 Å². The summed E-state index contributed by atoms with van der Waals surface area (Å²) in [7, 11) is 0. The van der Waals surface area contributed by atoms with E-state index in [9.17, 15) is 0 Å². The van der Waals surface area contributed by atoms with Crippen LogP contribution in [0.15, 0.2) is 11.6 Å². The molecule has 1 aliphatic carbocycles. The molecule has 0 atom stereocenters. The summed E-state index contributed by atoms with van der Waals surface area (Å²) < 4.78 is 0. The van der Waals surface area contributed by atoms with Gasteiger partial charge in [-0.1, -0.05) is 17.6 Å². The first-order valence-electron chi connectivity index (χ1n) is 3.78. The van der Waals surface area contributed by atoms with E-state index >= 15 is 0 Å². The Morgan fingerprint density at radius 3 is 2.90 bits per heavy atom. The van der Waals surface area contributed by atoms with Crippen LogP contribution in [0.3, 0.4) is 0 Å². The molecule has 0 aromatic heterocycles. The third kappa shape index (κ3) is 1.92. The van der Waals surface area contributed by atoms with E-state index in [1.54, 1.807) is 0 Å². The van der Waals surface area contributed by atoms with Gasteiger partial charge in [0.1, 0.15) is 0 Å². The highest BCUT2D eigenvalue weighted by molar-refractivity contribution is 5.23. The molecule has 0 bridgehead atoms. The minimum Gasteiger partial charge on any atom is -0.102 e. The maximum absolute atomic E-state index is 3.22. The molecule has 0 heteroatoms. The molecule has 0 unspecified atom stereocenters. The molecule has 10 heavy (non-hydrogen) atoms. The van der Waals surface area contributed by atoms with Gasteiger partial charge in [-0.3, -0.25) is 0 Å². The van der Waals surface area contributed by atoms with Crippen LogP contribution in [0.5, 0.6) is 0 Å². The summed E-state index contributed by atoms with van der Waals surface area (Å²) in [6.07, 6.45) is 4.45. The van der Waals surface area contributed by atoms with E-state index in [1.165, 1.54) is 5.57 Å². The van der Waals surface area contributed by atoms with E-state index in [2.05, 4.69) is 38.7 Å². The number of allylic oxidation sites excluding steroid dienone is 2. The topological polar surface area (TPSA) is 0 Å². The van der Waals surface area contributed by atoms with Crippen molar-refractivity contribution in [2.24, 2.45) is 5.41 Å². The van der Waals surface area contributed by atoms with Gasteiger partial charge in [0.15, 0.2) is 0 Å². The lowest BCUT2D eigenvalue weighted by molar-refractivity contribution is 0.650. The van der Waals surface area contributed by atoms with Crippen LogP contribution in [0.1, 0.15) is 33.6 Å². The SMILES string of the molecule is CC1=CC(C)(C)C#CCC1. The lowest BCUT2D eigenvalue weighted by Crippen LogP contribution is -2.02. The van der Waals surface area contributed by atoms with Crippen molar-refractivity contribution < 1.29 is 0 Å². The second-order valence-corrected chi connectivity index (χ2v) is 3.51. The van der Waals surface area contributed by atoms with Gasteiger partial charge in [-0.2, -0.15) is 0 Å². The Morgan fingerprint density at radius 2 is 2.20 bits per heavy atom. The zero-order valence-corrected chi connectivity index (χ0v) is 6.99. The predicted octanol–water partition coefficient (Wildman–Crippen LogP) is 2.76. The minimum absolute atomic E-state index is 0.112. The third-order valence-corrected chi connectivity index (χ3v) is 1.66. The predicted molar refractivity (Wildman–Crippen MR) is 44.5 cm³/mol. The molecule has 1 aliphatic rings. The molecule has 0 aliphatic heterocycles. The fraction of sp³-hybridized carbons (Fsp3) is 0.600. The molecule has 0 fully saturated rings. The molecule has 1 rings (SSSR count). The van der Waals surface area contributed by atoms with Crippen molar-refractivity contribution >= 4 is 0 Å². The molecule has 0 saturated heterocycles. The molecule has 0 spiro atoms. The molecular formula is C10H14. The van der Waals surface area contributed by atoms with E-state index < -0.39 is 0 Å². The fourth-order valence-electron chi connectivity index (χ4n) is 1.27. The average molecular weight is 134 g/mol. The van der Waals surface area contributed by atoms with Crippen LogP contribution < -0.4 is 0 Å². The van der Waals surface area contributed by atoms with Crippen molar-refractivity contribution in [1.29, 1.82) is 0 Å². The lowest BCUT2D eigenvalue weighted by atomic mass is 9.93. The van der Waals surface area contributed by atoms with Crippen LogP contribution in [-0.4, -0.2) is 0 Å². The highest BCUT2D eigenvalue weighted by Gasteiger charge is 2.11. The third-order valence-electron chi connectivity index (χ3n) is 1.66. The summed E-state index contributed by atoms with van der Waals surface area (Å²) in [5.74, 6) is 6.39. The molecule has 0 saturated carbocycles. The largest absolute Gasteiger partial charge is 0.102 e. The summed E-state index contributed by atoms with van der Waals surface area (Å²) in [4.78, 5) is 0. The second kappa shape index (κ2) is 2.50. The minimum atomic E-state index is 0.112. The molecule has 0 amide bonds. The molecule has 0 N–H and O–H groups in total. The first kappa shape index (κ1) is 7.41. The van der Waals surface area contributed by atoms with E-state index in [-0.39, 0.29) is 5.41 Å². The average Bonchev–Trinajstić information content (AvgIpc) is 1.90. The second-order valence-electron chi connectivity index (χ2n) is 3.51. The first-order valence-corrected chi connectivity index (χ1v) is 3.78. The number of hydrogen-bond acceptors (Lipinski definition) is 0. The maximum atomic E-state index is 3.22. The van der Waals surface area contributed by atoms with Crippen LogP contribution in [0.2, 0.25) is 0 Å². The lowest BCUT2D eigenvalue weighted by Gasteiger charge is -2.11. The highest BCUT2D eigenvalue weighted by atomic mass is 14.1. The molecule has 0 aromatic carbocycles. The summed E-state index contributed by atoms with van der Waals surface area (Å²) in [5.41, 5.74) is 1.57. The van der Waals surface area contributed by atoms with Crippen LogP contribution in [0.4, 0.5) is 0 Å². The van der Waals surface area contributed by atoms with Crippen molar-refractivity contribution in [3.8, 4) is 11.8 Å². The molecule has 54 valence electrons. The van der Waals surface area contributed by atoms with Crippen LogP contribution in [-0.2, 0) is 0 Å². The Labute approximate surface area is 63.3 Å². The van der Waals surface area contributed by atoms with Gasteiger partial charge in [-0.05, 0) is 27.2 Å². The Balaban J connectivity index is 2.87. The Kier molecular flexibility index (Phi) is 1.85. The van der Waals surface area contributed by atoms with Crippen molar-refractivity contribution in [2.45, 2.75) is 33.6 Å². The van der Waals surface area contributed by atoms with Crippen LogP contribution >= 0.6 is 0 Å². The van der Waals surface area contributed by atoms with Gasteiger partial charge in [0, 0.05) is 11.8 Å². The fourth-order valence-corrected chi connectivity index (χ4v) is 1.27. The van der Waals surface area contributed by atoms with E-state index in [1.807, 2.05) is 0 Å². The summed E-state index contributed by atoms with van der Waals surface area (Å²) in [6, 6.07) is 0. The molecule has 0 heterocycles. The summed E-state index contributed by atoms with van der Waals surface area (Å²) >= 11 is 0. The Hall–Kier alpha value is -0.700. The summed E-state index contributed by atoms with van der Waals surface area (Å²) in [6.45, 7) is 6.50. The molecule has 0 nitrogen and oxygen atoms in total. The molecular weight excluding hydrogens is 120 g/mol. The first-order chi connectivity index (χ1) is 4.60. The Bertz CT molecular complexity index is 208. The van der Waals surface area contributed by atoms with Crippen molar-refractivity contribution in [3.05, 3.63) is 11.6 Å². The smallest absolute Gasteiger partial charge is 0.0439 e. The van der Waals surface area contributed by atoms with Crippen molar-refractivity contribution in [1.82, 2.24) is 0 Å². The number of rotatable bonds is 0. The van der Waals surface area contributed by atoms with Crippen molar-refractivity contribution in [3.63, 3.8) is 0 Å². The van der Waals surface area contributed by atoms with Gasteiger partial charge >= 0.3 is 0 Å². The van der Waals surface area contributed by atoms with Crippen LogP contribution in [0.25, 0.3) is 0 Å². The highest BCUT2D eigenvalue weighted by Crippen LogP contribution is 2.22. The van der Waals surface area contributed by atoms with Gasteiger partial charge in [0.05, 0.1) is 0 Å². The maximum Gasteiger partial charge on any atom is 0.0439 e. The van der Waals surface area contributed by atoms with E-state index in [0.717, 1.165) is 12.8 Å². The standard InChI is InChI=1S/C10H14/c1-9-6-4-5-7-10(2,3)8-9/h8H,4,6H2,1-3H3.